The van der Waals surface area contributed by atoms with Crippen molar-refractivity contribution >= 4 is 23.0 Å². The fourth-order valence-corrected chi connectivity index (χ4v) is 4.87. The Morgan fingerprint density at radius 1 is 1.30 bits per heavy atom. The van der Waals surface area contributed by atoms with Gasteiger partial charge in [0.1, 0.15) is 11.5 Å². The number of fused-ring (bicyclic) bond motifs is 1. The first-order valence-corrected chi connectivity index (χ1v) is 13.5. The molecule has 1 aromatic heterocycles. The van der Waals surface area contributed by atoms with Crippen molar-refractivity contribution < 1.29 is 23.7 Å². The minimum absolute atomic E-state index is 0.0764. The molecule has 2 N–H and O–H groups in total. The van der Waals surface area contributed by atoms with Crippen molar-refractivity contribution in [2.45, 2.75) is 33.6 Å². The summed E-state index contributed by atoms with van der Waals surface area (Å²) in [5, 5.41) is 8.67. The Kier molecular flexibility index (Phi) is 9.35. The Bertz CT molecular complexity index is 1380. The largest absolute Gasteiger partial charge is 0.493 e. The number of amides is 1. The highest BCUT2D eigenvalue weighted by atomic mass is 16.5. The summed E-state index contributed by atoms with van der Waals surface area (Å²) in [4.78, 5) is 17.7. The van der Waals surface area contributed by atoms with E-state index in [1.54, 1.807) is 25.3 Å². The lowest BCUT2D eigenvalue weighted by molar-refractivity contribution is -0.195. The number of methoxy groups -OCH3 is 1. The number of nitrogens with one attached hydrogen (secondary N) is 2. The van der Waals surface area contributed by atoms with Gasteiger partial charge in [-0.25, -0.2) is 0 Å². The molecule has 1 unspecified atom stereocenters. The second kappa shape index (κ2) is 12.9. The molecule has 2 fully saturated rings. The summed E-state index contributed by atoms with van der Waals surface area (Å²) in [6, 6.07) is 7.99. The van der Waals surface area contributed by atoms with E-state index in [9.17, 15) is 4.79 Å². The third-order valence-electron chi connectivity index (χ3n) is 7.37. The van der Waals surface area contributed by atoms with Crippen LogP contribution in [0.1, 0.15) is 32.4 Å². The fraction of sp³-hybridized carbons (Fsp3) is 0.406. The molecule has 1 spiro atoms. The molecule has 0 radical (unpaired) electrons. The summed E-state index contributed by atoms with van der Waals surface area (Å²) in [7, 11) is 1.55. The highest BCUT2D eigenvalue weighted by Gasteiger charge is 2.50. The first-order valence-electron chi connectivity index (χ1n) is 13.5. The number of aromatic nitrogens is 1. The number of nitrogens with zero attached hydrogens (tertiary/aromatic N) is 1. The van der Waals surface area contributed by atoms with Crippen molar-refractivity contribution in [2.75, 3.05) is 40.0 Å². The van der Waals surface area contributed by atoms with Crippen LogP contribution in [0.3, 0.4) is 0 Å². The van der Waals surface area contributed by atoms with Crippen LogP contribution in [-0.2, 0) is 19.0 Å². The lowest BCUT2D eigenvalue weighted by Gasteiger charge is -2.55. The zero-order chi connectivity index (χ0) is 28.7. The summed E-state index contributed by atoms with van der Waals surface area (Å²) in [5.74, 6) is 2.50. The van der Waals surface area contributed by atoms with Crippen LogP contribution in [0.25, 0.3) is 10.9 Å². The number of carbonyl (C=O) groups is 1. The van der Waals surface area contributed by atoms with E-state index in [4.69, 9.17) is 24.4 Å². The number of benzene rings is 1. The molecule has 2 aromatic rings. The Hall–Kier alpha value is -4.00. The van der Waals surface area contributed by atoms with Gasteiger partial charge in [0.25, 0.3) is 0 Å². The van der Waals surface area contributed by atoms with Crippen molar-refractivity contribution in [1.82, 2.24) is 9.88 Å². The molecule has 3 heterocycles. The van der Waals surface area contributed by atoms with Gasteiger partial charge < -0.3 is 34.2 Å². The SMILES string of the molecule is C=C/C(OC)=C(\C=C=C(C)C(C)C/C(=C\C=N)Oc1ccc2[nH]c(C)cc2c1)OCCC(=O)N1CC2(COC2)C1. The van der Waals surface area contributed by atoms with Crippen molar-refractivity contribution in [3.8, 4) is 5.75 Å². The highest BCUT2D eigenvalue weighted by molar-refractivity contribution is 5.82. The molecule has 8 nitrogen and oxygen atoms in total. The van der Waals surface area contributed by atoms with Gasteiger partial charge in [-0.1, -0.05) is 13.5 Å². The zero-order valence-electron chi connectivity index (χ0n) is 23.8. The van der Waals surface area contributed by atoms with Crippen LogP contribution in [0.2, 0.25) is 0 Å². The number of hydrogen-bond acceptors (Lipinski definition) is 6. The van der Waals surface area contributed by atoms with Crippen LogP contribution in [0.5, 0.6) is 5.75 Å². The van der Waals surface area contributed by atoms with Gasteiger partial charge in [0.05, 0.1) is 38.8 Å². The van der Waals surface area contributed by atoms with Crippen LogP contribution in [0.15, 0.2) is 77.7 Å². The number of aromatic amines is 1. The summed E-state index contributed by atoms with van der Waals surface area (Å²) >= 11 is 0. The Labute approximate surface area is 236 Å². The number of hydrogen-bond donors (Lipinski definition) is 2. The van der Waals surface area contributed by atoms with Crippen LogP contribution < -0.4 is 4.74 Å². The van der Waals surface area contributed by atoms with Gasteiger partial charge in [-0.3, -0.25) is 4.79 Å². The summed E-state index contributed by atoms with van der Waals surface area (Å²) in [5.41, 5.74) is 6.63. The monoisotopic (exact) mass is 545 g/mol. The first-order chi connectivity index (χ1) is 19.3. The summed E-state index contributed by atoms with van der Waals surface area (Å²) in [6.45, 7) is 13.2. The van der Waals surface area contributed by atoms with Crippen LogP contribution in [-0.4, -0.2) is 62.0 Å². The number of aryl methyl sites for hydroxylation is 1. The lowest BCUT2D eigenvalue weighted by Crippen LogP contribution is -2.67. The maximum absolute atomic E-state index is 12.5. The van der Waals surface area contributed by atoms with E-state index in [0.29, 0.717) is 23.7 Å². The Morgan fingerprint density at radius 3 is 2.73 bits per heavy atom. The molecule has 0 bridgehead atoms. The van der Waals surface area contributed by atoms with Crippen LogP contribution >= 0.6 is 0 Å². The normalized spacial score (nSPS) is 17.1. The van der Waals surface area contributed by atoms with Crippen LogP contribution in [0.4, 0.5) is 0 Å². The molecule has 0 saturated carbocycles. The van der Waals surface area contributed by atoms with Gasteiger partial charge >= 0.3 is 0 Å². The minimum Gasteiger partial charge on any atom is -0.493 e. The number of H-pyrrole nitrogens is 1. The summed E-state index contributed by atoms with van der Waals surface area (Å²) in [6.07, 6.45) is 7.08. The molecule has 212 valence electrons. The molecular formula is C32H39N3O5. The lowest BCUT2D eigenvalue weighted by atomic mass is 9.78. The van der Waals surface area contributed by atoms with E-state index in [0.717, 1.165) is 54.2 Å². The topological polar surface area (TPSA) is 96.9 Å². The Balaban J connectivity index is 1.37. The molecule has 8 heteroatoms. The van der Waals surface area contributed by atoms with E-state index >= 15 is 0 Å². The highest BCUT2D eigenvalue weighted by Crippen LogP contribution is 2.37. The fourth-order valence-electron chi connectivity index (χ4n) is 4.87. The molecule has 2 aliphatic heterocycles. The molecule has 4 rings (SSSR count). The smallest absolute Gasteiger partial charge is 0.226 e. The maximum Gasteiger partial charge on any atom is 0.226 e. The number of ether oxygens (including phenoxy) is 4. The van der Waals surface area contributed by atoms with Crippen molar-refractivity contribution in [3.63, 3.8) is 0 Å². The maximum atomic E-state index is 12.5. The zero-order valence-corrected chi connectivity index (χ0v) is 23.8. The number of carbonyl (C=O) groups excluding carboxylic acids is 1. The molecule has 2 saturated heterocycles. The summed E-state index contributed by atoms with van der Waals surface area (Å²) < 4.78 is 22.8. The Morgan fingerprint density at radius 2 is 2.08 bits per heavy atom. The van der Waals surface area contributed by atoms with Crippen molar-refractivity contribution in [2.24, 2.45) is 11.3 Å². The quantitative estimate of drug-likeness (QED) is 0.143. The van der Waals surface area contributed by atoms with Gasteiger partial charge in [-0.2, -0.15) is 0 Å². The van der Waals surface area contributed by atoms with E-state index in [-0.39, 0.29) is 30.3 Å². The molecular weight excluding hydrogens is 506 g/mol. The van der Waals surface area contributed by atoms with E-state index in [1.165, 1.54) is 6.21 Å². The number of likely N-dealkylation sites (tertiary alicyclic amines) is 1. The van der Waals surface area contributed by atoms with Gasteiger partial charge in [0.2, 0.25) is 5.91 Å². The van der Waals surface area contributed by atoms with Gasteiger partial charge in [-0.05, 0) is 61.8 Å². The van der Waals surface area contributed by atoms with Crippen LogP contribution in [0, 0.1) is 23.7 Å². The number of allylic oxidation sites excluding steroid dienone is 4. The third kappa shape index (κ3) is 6.95. The first kappa shape index (κ1) is 29.0. The number of rotatable bonds is 13. The van der Waals surface area contributed by atoms with Gasteiger partial charge in [0, 0.05) is 48.4 Å². The average molecular weight is 546 g/mol. The standard InChI is InChI=1S/C32H39N3O5/c1-6-29(37-5)30(39-14-12-31(36)35-18-32(19-35)20-38-21-32)10-7-22(2)23(3)15-27(11-13-33)40-26-8-9-28-25(17-26)16-24(4)34-28/h6,8-11,13,16-17,23,33-34H,1,12,14-15,18-21H2,2-5H3/b27-11+,30-29-,33-13?. The van der Waals surface area contributed by atoms with Crippen molar-refractivity contribution in [3.05, 3.63) is 83.3 Å². The third-order valence-corrected chi connectivity index (χ3v) is 7.37. The molecule has 40 heavy (non-hydrogen) atoms. The molecule has 1 amide bonds. The average Bonchev–Trinajstić information content (AvgIpc) is 3.25. The van der Waals surface area contributed by atoms with E-state index < -0.39 is 0 Å². The molecule has 1 aromatic carbocycles. The van der Waals surface area contributed by atoms with Gasteiger partial charge in [-0.15, -0.1) is 5.73 Å². The minimum atomic E-state index is 0.0764. The second-order valence-corrected chi connectivity index (χ2v) is 10.7. The van der Waals surface area contributed by atoms with E-state index in [2.05, 4.69) is 30.3 Å². The molecule has 1 atom stereocenters. The predicted octanol–water partition coefficient (Wildman–Crippen LogP) is 5.83. The second-order valence-electron chi connectivity index (χ2n) is 10.7. The predicted molar refractivity (Wildman–Crippen MR) is 156 cm³/mol. The molecule has 2 aliphatic rings. The van der Waals surface area contributed by atoms with Crippen molar-refractivity contribution in [1.29, 1.82) is 5.41 Å². The van der Waals surface area contributed by atoms with Gasteiger partial charge in [0.15, 0.2) is 11.5 Å². The van der Waals surface area contributed by atoms with E-state index in [1.807, 2.05) is 36.9 Å². The molecule has 0 aliphatic carbocycles.